The number of nitrogens with zero attached hydrogens (tertiary/aromatic N) is 1. The molecule has 0 radical (unpaired) electrons. The highest BCUT2D eigenvalue weighted by atomic mass is 16.5. The van der Waals surface area contributed by atoms with Crippen molar-refractivity contribution in [2.45, 2.75) is 13.0 Å². The van der Waals surface area contributed by atoms with Crippen molar-refractivity contribution in [2.75, 3.05) is 25.7 Å². The van der Waals surface area contributed by atoms with Crippen LogP contribution in [0.5, 0.6) is 0 Å². The van der Waals surface area contributed by atoms with Crippen molar-refractivity contribution in [3.8, 4) is 0 Å². The minimum absolute atomic E-state index is 0.0829. The number of aromatic carboxylic acids is 1. The summed E-state index contributed by atoms with van der Waals surface area (Å²) in [7, 11) is 3.07. The van der Waals surface area contributed by atoms with Gasteiger partial charge in [0.1, 0.15) is 0 Å². The van der Waals surface area contributed by atoms with Gasteiger partial charge < -0.3 is 15.2 Å². The molecular weight excluding hydrogens is 248 g/mol. The number of para-hydroxylation sites is 1. The molecule has 2 N–H and O–H groups in total. The van der Waals surface area contributed by atoms with E-state index in [0.717, 1.165) is 0 Å². The van der Waals surface area contributed by atoms with Crippen LogP contribution >= 0.6 is 0 Å². The maximum Gasteiger partial charge on any atom is 0.337 e. The van der Waals surface area contributed by atoms with Gasteiger partial charge in [0.25, 0.3) is 0 Å². The lowest BCUT2D eigenvalue weighted by molar-refractivity contribution is 0.0697. The number of amides is 2. The number of hydrogen-bond donors (Lipinski definition) is 2. The zero-order chi connectivity index (χ0) is 14.4. The highest BCUT2D eigenvalue weighted by Crippen LogP contribution is 2.19. The minimum Gasteiger partial charge on any atom is -0.478 e. The Hall–Kier alpha value is -2.08. The average molecular weight is 266 g/mol. The molecule has 0 bridgehead atoms. The minimum atomic E-state index is -1.07. The van der Waals surface area contributed by atoms with Gasteiger partial charge in [-0.1, -0.05) is 12.1 Å². The molecule has 0 aliphatic carbocycles. The van der Waals surface area contributed by atoms with E-state index in [-0.39, 0.29) is 17.6 Å². The third-order valence-corrected chi connectivity index (χ3v) is 2.59. The van der Waals surface area contributed by atoms with Gasteiger partial charge in [0, 0.05) is 14.2 Å². The van der Waals surface area contributed by atoms with Crippen LogP contribution in [0.4, 0.5) is 10.5 Å². The summed E-state index contributed by atoms with van der Waals surface area (Å²) < 4.78 is 4.92. The molecule has 0 aliphatic rings. The number of urea groups is 1. The third kappa shape index (κ3) is 3.96. The van der Waals surface area contributed by atoms with E-state index in [9.17, 15) is 9.59 Å². The number of rotatable bonds is 5. The fourth-order valence-electron chi connectivity index (χ4n) is 1.66. The summed E-state index contributed by atoms with van der Waals surface area (Å²) >= 11 is 0. The van der Waals surface area contributed by atoms with Crippen LogP contribution in [0, 0.1) is 0 Å². The van der Waals surface area contributed by atoms with Crippen molar-refractivity contribution in [1.82, 2.24) is 5.32 Å². The van der Waals surface area contributed by atoms with Gasteiger partial charge in [0.2, 0.25) is 0 Å². The number of hydrogen-bond acceptors (Lipinski definition) is 3. The Morgan fingerprint density at radius 1 is 1.42 bits per heavy atom. The van der Waals surface area contributed by atoms with Gasteiger partial charge in [0.15, 0.2) is 0 Å². The Labute approximate surface area is 112 Å². The highest BCUT2D eigenvalue weighted by Gasteiger charge is 2.18. The second-order valence-corrected chi connectivity index (χ2v) is 4.19. The molecule has 0 heterocycles. The topological polar surface area (TPSA) is 78.9 Å². The second kappa shape index (κ2) is 6.75. The molecule has 0 saturated carbocycles. The van der Waals surface area contributed by atoms with Crippen molar-refractivity contribution in [2.24, 2.45) is 0 Å². The number of carbonyl (C=O) groups is 2. The summed E-state index contributed by atoms with van der Waals surface area (Å²) in [4.78, 5) is 24.3. The number of benzene rings is 1. The Bertz CT molecular complexity index is 462. The molecular formula is C13H18N2O4. The average Bonchev–Trinajstić information content (AvgIpc) is 2.37. The lowest BCUT2D eigenvalue weighted by atomic mass is 10.1. The summed E-state index contributed by atoms with van der Waals surface area (Å²) in [5.74, 6) is -1.07. The summed E-state index contributed by atoms with van der Waals surface area (Å²) in [6, 6.07) is 5.82. The van der Waals surface area contributed by atoms with Crippen LogP contribution in [0.1, 0.15) is 17.3 Å². The SMILES string of the molecule is COCC(C)NC(=O)N(C)c1ccccc1C(=O)O. The zero-order valence-corrected chi connectivity index (χ0v) is 11.2. The maximum absolute atomic E-state index is 12.0. The molecule has 6 heteroatoms. The van der Waals surface area contributed by atoms with Crippen LogP contribution < -0.4 is 10.2 Å². The van der Waals surface area contributed by atoms with Crippen molar-refractivity contribution in [3.05, 3.63) is 29.8 Å². The summed E-state index contributed by atoms with van der Waals surface area (Å²) in [5.41, 5.74) is 0.427. The van der Waals surface area contributed by atoms with E-state index >= 15 is 0 Å². The van der Waals surface area contributed by atoms with Crippen LogP contribution in [0.2, 0.25) is 0 Å². The number of anilines is 1. The number of carboxylic acids is 1. The van der Waals surface area contributed by atoms with Crippen LogP contribution in [0.15, 0.2) is 24.3 Å². The molecule has 0 aromatic heterocycles. The number of carboxylic acid groups (broad SMARTS) is 1. The molecule has 1 aromatic rings. The van der Waals surface area contributed by atoms with E-state index in [1.54, 1.807) is 32.2 Å². The Morgan fingerprint density at radius 3 is 2.63 bits per heavy atom. The molecule has 0 aliphatic heterocycles. The second-order valence-electron chi connectivity index (χ2n) is 4.19. The lowest BCUT2D eigenvalue weighted by Crippen LogP contribution is -2.44. The molecule has 104 valence electrons. The predicted octanol–water partition coefficient (Wildman–Crippen LogP) is 1.57. The molecule has 1 aromatic carbocycles. The van der Waals surface area contributed by atoms with E-state index in [1.807, 2.05) is 0 Å². The molecule has 19 heavy (non-hydrogen) atoms. The van der Waals surface area contributed by atoms with Gasteiger partial charge in [-0.3, -0.25) is 4.90 Å². The van der Waals surface area contributed by atoms with Gasteiger partial charge in [-0.25, -0.2) is 9.59 Å². The van der Waals surface area contributed by atoms with Gasteiger partial charge in [0.05, 0.1) is 23.9 Å². The summed E-state index contributed by atoms with van der Waals surface area (Å²) in [5, 5.41) is 11.8. The number of carbonyl (C=O) groups excluding carboxylic acids is 1. The van der Waals surface area contributed by atoms with Gasteiger partial charge in [-0.2, -0.15) is 0 Å². The Morgan fingerprint density at radius 2 is 2.05 bits per heavy atom. The molecule has 6 nitrogen and oxygen atoms in total. The van der Waals surface area contributed by atoms with E-state index in [2.05, 4.69) is 5.32 Å². The quantitative estimate of drug-likeness (QED) is 0.847. The lowest BCUT2D eigenvalue weighted by Gasteiger charge is -2.22. The first-order valence-electron chi connectivity index (χ1n) is 5.82. The van der Waals surface area contributed by atoms with Crippen molar-refractivity contribution >= 4 is 17.7 Å². The monoisotopic (exact) mass is 266 g/mol. The van der Waals surface area contributed by atoms with Crippen molar-refractivity contribution in [3.63, 3.8) is 0 Å². The summed E-state index contributed by atoms with van der Waals surface area (Å²) in [6.45, 7) is 2.19. The Balaban J connectivity index is 2.85. The number of nitrogens with one attached hydrogen (secondary N) is 1. The molecule has 0 saturated heterocycles. The van der Waals surface area contributed by atoms with Gasteiger partial charge in [-0.05, 0) is 19.1 Å². The third-order valence-electron chi connectivity index (χ3n) is 2.59. The van der Waals surface area contributed by atoms with Crippen LogP contribution in [0.3, 0.4) is 0 Å². The largest absolute Gasteiger partial charge is 0.478 e. The summed E-state index contributed by atoms with van der Waals surface area (Å²) in [6.07, 6.45) is 0. The van der Waals surface area contributed by atoms with Crippen LogP contribution in [0.25, 0.3) is 0 Å². The molecule has 2 amide bonds. The van der Waals surface area contributed by atoms with Crippen LogP contribution in [-0.2, 0) is 4.74 Å². The smallest absolute Gasteiger partial charge is 0.337 e. The first kappa shape index (κ1) is 15.0. The number of methoxy groups -OCH3 is 1. The maximum atomic E-state index is 12.0. The zero-order valence-electron chi connectivity index (χ0n) is 11.2. The van der Waals surface area contributed by atoms with Crippen molar-refractivity contribution < 1.29 is 19.4 Å². The standard InChI is InChI=1S/C13H18N2O4/c1-9(8-19-3)14-13(18)15(2)11-7-5-4-6-10(11)12(16)17/h4-7,9H,8H2,1-3H3,(H,14,18)(H,16,17). The van der Waals surface area contributed by atoms with E-state index < -0.39 is 5.97 Å². The molecule has 0 fully saturated rings. The predicted molar refractivity (Wildman–Crippen MR) is 71.7 cm³/mol. The van der Waals surface area contributed by atoms with Gasteiger partial charge in [-0.15, -0.1) is 0 Å². The molecule has 1 rings (SSSR count). The fraction of sp³-hybridized carbons (Fsp3) is 0.385. The van der Waals surface area contributed by atoms with E-state index in [4.69, 9.17) is 9.84 Å². The first-order valence-corrected chi connectivity index (χ1v) is 5.82. The van der Waals surface area contributed by atoms with E-state index in [1.165, 1.54) is 18.0 Å². The first-order chi connectivity index (χ1) is 8.97. The fourth-order valence-corrected chi connectivity index (χ4v) is 1.66. The van der Waals surface area contributed by atoms with E-state index in [0.29, 0.717) is 12.3 Å². The number of ether oxygens (including phenoxy) is 1. The normalized spacial score (nSPS) is 11.7. The molecule has 0 spiro atoms. The Kier molecular flexibility index (Phi) is 5.32. The van der Waals surface area contributed by atoms with Crippen molar-refractivity contribution in [1.29, 1.82) is 0 Å². The van der Waals surface area contributed by atoms with Gasteiger partial charge >= 0.3 is 12.0 Å². The highest BCUT2D eigenvalue weighted by molar-refractivity contribution is 6.01. The molecule has 1 atom stereocenters. The molecule has 1 unspecified atom stereocenters. The van der Waals surface area contributed by atoms with Crippen LogP contribution in [-0.4, -0.2) is 43.9 Å².